The molecule has 17 heteroatoms. The molecule has 0 fully saturated rings. The molecule has 7 N–H and O–H groups in total. The summed E-state index contributed by atoms with van der Waals surface area (Å²) >= 11 is 0. The van der Waals surface area contributed by atoms with Crippen LogP contribution >= 0.6 is 15.2 Å². The van der Waals surface area contributed by atoms with Crippen molar-refractivity contribution in [3.8, 4) is 0 Å². The van der Waals surface area contributed by atoms with Gasteiger partial charge in [0.05, 0.1) is 0 Å². The zero-order chi connectivity index (χ0) is 21.0. The number of aliphatic hydroxyl groups is 1. The Morgan fingerprint density at radius 2 is 1.08 bits per heavy atom. The molecule has 0 amide bonds. The largest absolute Gasteiger partial charge is 0.632 e. The highest BCUT2D eigenvalue weighted by molar-refractivity contribution is 7.51. The third-order valence-electron chi connectivity index (χ3n) is 2.82. The summed E-state index contributed by atoms with van der Waals surface area (Å²) < 4.78 is 17.7. The number of hydrogen-bond acceptors (Lipinski definition) is 7. The molecule has 0 saturated carbocycles. The third kappa shape index (κ3) is 11.6. The van der Waals surface area contributed by atoms with Crippen molar-refractivity contribution in [3.05, 3.63) is 10.4 Å². The van der Waals surface area contributed by atoms with Gasteiger partial charge in [-0.2, -0.15) is 0 Å². The lowest BCUT2D eigenvalue weighted by molar-refractivity contribution is -0.888. The fourth-order valence-electron chi connectivity index (χ4n) is 2.33. The van der Waals surface area contributed by atoms with E-state index in [0.717, 1.165) is 0 Å². The standard InChI is InChI=1S/C9H20N2O13P2/c12-7(1-10(17,3-8(13)14)5-25(19,20)21)2-11(18,4-9(15)16)6-26(22,23)24/h7,12H,1-6H2,(H,13,14)(H,15,16)(H2,19,20,21)(H2,22,23,24). The van der Waals surface area contributed by atoms with Crippen LogP contribution in [0.4, 0.5) is 0 Å². The van der Waals surface area contributed by atoms with Crippen LogP contribution in [0.2, 0.25) is 0 Å². The molecule has 15 nitrogen and oxygen atoms in total. The van der Waals surface area contributed by atoms with Crippen LogP contribution < -0.4 is 0 Å². The van der Waals surface area contributed by atoms with Crippen LogP contribution in [-0.4, -0.2) is 101 Å². The van der Waals surface area contributed by atoms with Crippen molar-refractivity contribution >= 4 is 27.1 Å². The number of aliphatic carboxylic acids is 2. The lowest BCUT2D eigenvalue weighted by Gasteiger charge is -2.45. The smallest absolute Gasteiger partial charge is 0.379 e. The second kappa shape index (κ2) is 8.82. The predicted octanol–water partition coefficient (Wildman–Crippen LogP) is -2.58. The molecule has 0 heterocycles. The molecular formula is C9H20N2O13P2. The van der Waals surface area contributed by atoms with E-state index in [1.807, 2.05) is 0 Å². The van der Waals surface area contributed by atoms with E-state index in [9.17, 15) is 34.2 Å². The van der Waals surface area contributed by atoms with Crippen LogP contribution in [0.5, 0.6) is 0 Å². The summed E-state index contributed by atoms with van der Waals surface area (Å²) in [5, 5.41) is 51.7. The Morgan fingerprint density at radius 1 is 0.808 bits per heavy atom. The molecule has 0 saturated heterocycles. The minimum absolute atomic E-state index is 1.22. The average molecular weight is 426 g/mol. The van der Waals surface area contributed by atoms with Gasteiger partial charge in [0.1, 0.15) is 13.1 Å². The predicted molar refractivity (Wildman–Crippen MR) is 81.8 cm³/mol. The maximum atomic E-state index is 12.3. The highest BCUT2D eigenvalue weighted by atomic mass is 31.2. The molecule has 0 aromatic rings. The molecule has 154 valence electrons. The second-order valence-electron chi connectivity index (χ2n) is 5.85. The van der Waals surface area contributed by atoms with Crippen molar-refractivity contribution in [2.75, 3.05) is 38.8 Å². The van der Waals surface area contributed by atoms with Crippen LogP contribution in [0.25, 0.3) is 0 Å². The van der Waals surface area contributed by atoms with Gasteiger partial charge in [-0.1, -0.05) is 0 Å². The molecule has 2 unspecified atom stereocenters. The second-order valence-corrected chi connectivity index (χ2v) is 9.08. The van der Waals surface area contributed by atoms with E-state index >= 15 is 0 Å². The quantitative estimate of drug-likeness (QED) is 0.0962. The molecule has 26 heavy (non-hydrogen) atoms. The summed E-state index contributed by atoms with van der Waals surface area (Å²) in [6, 6.07) is 0. The van der Waals surface area contributed by atoms with Crippen molar-refractivity contribution in [3.63, 3.8) is 0 Å². The fraction of sp³-hybridized carbons (Fsp3) is 0.778. The first-order valence-corrected chi connectivity index (χ1v) is 10.3. The summed E-state index contributed by atoms with van der Waals surface area (Å²) in [6.07, 6.45) is -5.17. The van der Waals surface area contributed by atoms with Crippen LogP contribution in [0.15, 0.2) is 0 Å². The van der Waals surface area contributed by atoms with Gasteiger partial charge in [0.25, 0.3) is 0 Å². The molecule has 0 aromatic carbocycles. The monoisotopic (exact) mass is 426 g/mol. The van der Waals surface area contributed by atoms with E-state index in [0.29, 0.717) is 0 Å². The summed E-state index contributed by atoms with van der Waals surface area (Å²) in [5.41, 5.74) is 0. The first kappa shape index (κ1) is 25.0. The molecular weight excluding hydrogens is 406 g/mol. The highest BCUT2D eigenvalue weighted by Crippen LogP contribution is 2.39. The van der Waals surface area contributed by atoms with Crippen molar-refractivity contribution in [1.29, 1.82) is 0 Å². The number of hydrogen-bond donors (Lipinski definition) is 7. The molecule has 0 aliphatic rings. The Morgan fingerprint density at radius 3 is 1.27 bits per heavy atom. The SMILES string of the molecule is O=C(O)C[N+]([O-])(CC(O)C[N+]([O-])(CC(=O)O)CP(=O)(O)O)CP(=O)(O)O. The van der Waals surface area contributed by atoms with Crippen LogP contribution in [0.1, 0.15) is 0 Å². The van der Waals surface area contributed by atoms with Gasteiger partial charge in [-0.05, 0) is 0 Å². The van der Waals surface area contributed by atoms with Gasteiger partial charge in [0.2, 0.25) is 0 Å². The lowest BCUT2D eigenvalue weighted by Crippen LogP contribution is -2.56. The summed E-state index contributed by atoms with van der Waals surface area (Å²) in [6.45, 7) is -5.20. The fourth-order valence-corrected chi connectivity index (χ4v) is 4.11. The molecule has 0 spiro atoms. The topological polar surface area (TPSA) is 256 Å². The molecule has 0 radical (unpaired) electrons. The number of nitrogens with zero attached hydrogens (tertiary/aromatic N) is 2. The van der Waals surface area contributed by atoms with E-state index < -0.39 is 81.3 Å². The zero-order valence-electron chi connectivity index (χ0n) is 13.2. The summed E-state index contributed by atoms with van der Waals surface area (Å²) in [4.78, 5) is 56.8. The van der Waals surface area contributed by atoms with Gasteiger partial charge in [-0.25, -0.2) is 9.59 Å². The van der Waals surface area contributed by atoms with Crippen LogP contribution in [0, 0.1) is 10.4 Å². The minimum atomic E-state index is -5.02. The van der Waals surface area contributed by atoms with Gasteiger partial charge in [-0.15, -0.1) is 0 Å². The Kier molecular flexibility index (Phi) is 8.49. The number of aliphatic hydroxyl groups excluding tert-OH is 1. The summed E-state index contributed by atoms with van der Waals surface area (Å²) in [7, 11) is -10.0. The molecule has 2 atom stereocenters. The number of rotatable bonds is 12. The molecule has 0 aliphatic heterocycles. The van der Waals surface area contributed by atoms with Crippen molar-refractivity contribution in [1.82, 2.24) is 0 Å². The molecule has 0 rings (SSSR count). The number of carboxylic acid groups (broad SMARTS) is 2. The maximum absolute atomic E-state index is 12.3. The first-order chi connectivity index (χ1) is 11.3. The number of quaternary nitrogens is 2. The minimum Gasteiger partial charge on any atom is -0.632 e. The van der Waals surface area contributed by atoms with E-state index in [2.05, 4.69) is 0 Å². The van der Waals surface area contributed by atoms with Gasteiger partial charge in [-0.3, -0.25) is 9.13 Å². The van der Waals surface area contributed by atoms with Crippen molar-refractivity contribution < 1.29 is 62.9 Å². The third-order valence-corrected chi connectivity index (χ3v) is 4.59. The lowest BCUT2D eigenvalue weighted by atomic mass is 10.3. The number of carbonyl (C=O) groups is 2. The maximum Gasteiger partial charge on any atom is 0.379 e. The van der Waals surface area contributed by atoms with Gasteiger partial charge in [0, 0.05) is 0 Å². The van der Waals surface area contributed by atoms with Crippen LogP contribution in [0.3, 0.4) is 0 Å². The summed E-state index contributed by atoms with van der Waals surface area (Å²) in [5.74, 6) is -3.52. The Labute approximate surface area is 146 Å². The highest BCUT2D eigenvalue weighted by Gasteiger charge is 2.37. The average Bonchev–Trinajstić information content (AvgIpc) is 2.16. The molecule has 0 aromatic heterocycles. The van der Waals surface area contributed by atoms with E-state index in [-0.39, 0.29) is 0 Å². The normalized spacial score (nSPS) is 18.6. The number of carboxylic acids is 2. The Balaban J connectivity index is 5.40. The zero-order valence-corrected chi connectivity index (χ0v) is 15.0. The van der Waals surface area contributed by atoms with E-state index in [4.69, 9.17) is 29.8 Å². The Bertz CT molecular complexity index is 565. The van der Waals surface area contributed by atoms with Crippen molar-refractivity contribution in [2.24, 2.45) is 0 Å². The van der Waals surface area contributed by atoms with E-state index in [1.54, 1.807) is 0 Å². The molecule has 0 aliphatic carbocycles. The van der Waals surface area contributed by atoms with Crippen LogP contribution in [-0.2, 0) is 18.7 Å². The Hall–Kier alpha value is -0.960. The molecule has 0 bridgehead atoms. The van der Waals surface area contributed by atoms with Gasteiger partial charge >= 0.3 is 27.1 Å². The van der Waals surface area contributed by atoms with Gasteiger partial charge in [0.15, 0.2) is 31.8 Å². The van der Waals surface area contributed by atoms with Gasteiger partial charge < -0.3 is 54.6 Å². The first-order valence-electron chi connectivity index (χ1n) is 6.70. The number of hydroxylamine groups is 6. The van der Waals surface area contributed by atoms with E-state index in [1.165, 1.54) is 0 Å². The van der Waals surface area contributed by atoms with Crippen molar-refractivity contribution in [2.45, 2.75) is 6.10 Å².